The average molecular weight is 395 g/mol. The van der Waals surface area contributed by atoms with Gasteiger partial charge in [0.25, 0.3) is 5.56 Å². The molecule has 3 aromatic rings. The summed E-state index contributed by atoms with van der Waals surface area (Å²) in [6.45, 7) is 3.71. The minimum atomic E-state index is -0.436. The molecule has 2 N–H and O–H groups in total. The number of ether oxygens (including phenoxy) is 1. The lowest BCUT2D eigenvalue weighted by Crippen LogP contribution is -2.23. The molecule has 0 saturated carbocycles. The van der Waals surface area contributed by atoms with E-state index in [9.17, 15) is 9.59 Å². The Morgan fingerprint density at radius 2 is 1.89 bits per heavy atom. The van der Waals surface area contributed by atoms with Gasteiger partial charge < -0.3 is 15.0 Å². The highest BCUT2D eigenvalue weighted by molar-refractivity contribution is 8.00. The first-order valence-corrected chi connectivity index (χ1v) is 9.63. The number of H-pyrrole nitrogens is 1. The summed E-state index contributed by atoms with van der Waals surface area (Å²) in [5.41, 5.74) is 2.83. The number of hydrogen-bond acceptors (Lipinski definition) is 5. The number of methoxy groups -OCH3 is 1. The Kier molecular flexibility index (Phi) is 6.16. The Morgan fingerprint density at radius 1 is 1.18 bits per heavy atom. The maximum Gasteiger partial charge on any atom is 0.252 e. The van der Waals surface area contributed by atoms with Crippen LogP contribution in [0.3, 0.4) is 0 Å². The first-order chi connectivity index (χ1) is 13.5. The topological polar surface area (TPSA) is 84.1 Å². The summed E-state index contributed by atoms with van der Waals surface area (Å²) < 4.78 is 5.15. The number of aryl methyl sites for hydroxylation is 1. The van der Waals surface area contributed by atoms with E-state index < -0.39 is 5.25 Å². The summed E-state index contributed by atoms with van der Waals surface area (Å²) in [6, 6.07) is 16.3. The second kappa shape index (κ2) is 8.75. The Bertz CT molecular complexity index is 1030. The van der Waals surface area contributed by atoms with Crippen LogP contribution in [0.1, 0.15) is 12.5 Å². The van der Waals surface area contributed by atoms with Crippen LogP contribution in [0, 0.1) is 6.92 Å². The van der Waals surface area contributed by atoms with Crippen molar-refractivity contribution in [3.63, 3.8) is 0 Å². The summed E-state index contributed by atoms with van der Waals surface area (Å²) in [5.74, 6) is 0.571. The van der Waals surface area contributed by atoms with Gasteiger partial charge in [-0.25, -0.2) is 4.98 Å². The van der Waals surface area contributed by atoms with Gasteiger partial charge in [0.2, 0.25) is 5.91 Å². The number of anilines is 1. The molecule has 0 aliphatic rings. The lowest BCUT2D eigenvalue weighted by Gasteiger charge is -2.13. The number of thioether (sulfide) groups is 1. The Hall–Kier alpha value is -3.06. The van der Waals surface area contributed by atoms with Crippen LogP contribution in [-0.4, -0.2) is 28.2 Å². The van der Waals surface area contributed by atoms with Crippen LogP contribution < -0.4 is 15.6 Å². The van der Waals surface area contributed by atoms with Crippen molar-refractivity contribution < 1.29 is 9.53 Å². The Balaban J connectivity index is 1.76. The fourth-order valence-corrected chi connectivity index (χ4v) is 3.38. The van der Waals surface area contributed by atoms with Gasteiger partial charge in [-0.1, -0.05) is 30.0 Å². The number of nitrogens with zero attached hydrogens (tertiary/aromatic N) is 1. The molecule has 0 radical (unpaired) electrons. The van der Waals surface area contributed by atoms with Crippen molar-refractivity contribution in [2.45, 2.75) is 24.3 Å². The third kappa shape index (κ3) is 4.80. The molecular formula is C21H21N3O3S. The standard InChI is InChI=1S/C21H21N3O3S/c1-13-6-4-5-7-17(13)22-20(26)14(2)28-21-23-18(12-19(25)24-21)15-8-10-16(27-3)11-9-15/h4-12,14H,1-3H3,(H,22,26)(H,23,24,25). The molecule has 0 aliphatic carbocycles. The van der Waals surface area contributed by atoms with Crippen LogP contribution in [0.5, 0.6) is 5.75 Å². The molecule has 0 spiro atoms. The van der Waals surface area contributed by atoms with Crippen LogP contribution in [0.2, 0.25) is 0 Å². The van der Waals surface area contributed by atoms with Crippen LogP contribution in [-0.2, 0) is 4.79 Å². The third-order valence-electron chi connectivity index (χ3n) is 4.17. The number of carbonyl (C=O) groups excluding carboxylic acids is 1. The largest absolute Gasteiger partial charge is 0.497 e. The number of rotatable bonds is 6. The molecule has 0 fully saturated rings. The normalized spacial score (nSPS) is 11.7. The zero-order chi connectivity index (χ0) is 20.1. The molecule has 1 heterocycles. The highest BCUT2D eigenvalue weighted by Crippen LogP contribution is 2.24. The number of aromatic nitrogens is 2. The Morgan fingerprint density at radius 3 is 2.57 bits per heavy atom. The summed E-state index contributed by atoms with van der Waals surface area (Å²) in [4.78, 5) is 31.8. The van der Waals surface area contributed by atoms with Crippen molar-refractivity contribution >= 4 is 23.4 Å². The van der Waals surface area contributed by atoms with Gasteiger partial charge in [0, 0.05) is 17.3 Å². The van der Waals surface area contributed by atoms with E-state index in [1.54, 1.807) is 14.0 Å². The predicted octanol–water partition coefficient (Wildman–Crippen LogP) is 3.87. The van der Waals surface area contributed by atoms with E-state index in [0.29, 0.717) is 10.9 Å². The maximum absolute atomic E-state index is 12.5. The van der Waals surface area contributed by atoms with Crippen molar-refractivity contribution in [1.82, 2.24) is 9.97 Å². The molecule has 0 bridgehead atoms. The number of benzene rings is 2. The zero-order valence-electron chi connectivity index (χ0n) is 15.9. The highest BCUT2D eigenvalue weighted by atomic mass is 32.2. The van der Waals surface area contributed by atoms with Gasteiger partial charge in [-0.3, -0.25) is 9.59 Å². The van der Waals surface area contributed by atoms with Gasteiger partial charge >= 0.3 is 0 Å². The minimum absolute atomic E-state index is 0.156. The molecule has 2 aromatic carbocycles. The summed E-state index contributed by atoms with van der Waals surface area (Å²) in [6.07, 6.45) is 0. The lowest BCUT2D eigenvalue weighted by molar-refractivity contribution is -0.115. The van der Waals surface area contributed by atoms with E-state index in [2.05, 4.69) is 15.3 Å². The lowest BCUT2D eigenvalue weighted by atomic mass is 10.1. The van der Waals surface area contributed by atoms with Gasteiger partial charge in [-0.2, -0.15) is 0 Å². The van der Waals surface area contributed by atoms with E-state index >= 15 is 0 Å². The first-order valence-electron chi connectivity index (χ1n) is 8.75. The summed E-state index contributed by atoms with van der Waals surface area (Å²) in [5, 5.41) is 2.87. The third-order valence-corrected chi connectivity index (χ3v) is 5.15. The molecule has 0 aliphatic heterocycles. The van der Waals surface area contributed by atoms with E-state index in [0.717, 1.165) is 22.6 Å². The van der Waals surface area contributed by atoms with Gasteiger partial charge in [-0.15, -0.1) is 0 Å². The van der Waals surface area contributed by atoms with E-state index in [1.807, 2.05) is 55.5 Å². The van der Waals surface area contributed by atoms with Crippen molar-refractivity contribution in [3.8, 4) is 17.0 Å². The van der Waals surface area contributed by atoms with Crippen molar-refractivity contribution in [3.05, 3.63) is 70.5 Å². The van der Waals surface area contributed by atoms with Crippen molar-refractivity contribution in [2.75, 3.05) is 12.4 Å². The van der Waals surface area contributed by atoms with Gasteiger partial charge in [0.15, 0.2) is 5.16 Å². The Labute approximate surface area is 167 Å². The van der Waals surface area contributed by atoms with Crippen LogP contribution in [0.15, 0.2) is 64.5 Å². The van der Waals surface area contributed by atoms with E-state index in [4.69, 9.17) is 4.74 Å². The molecule has 3 rings (SSSR count). The zero-order valence-corrected chi connectivity index (χ0v) is 16.7. The molecular weight excluding hydrogens is 374 g/mol. The van der Waals surface area contributed by atoms with E-state index in [-0.39, 0.29) is 11.5 Å². The van der Waals surface area contributed by atoms with Gasteiger partial charge in [-0.05, 0) is 49.7 Å². The molecule has 1 aromatic heterocycles. The molecule has 7 heteroatoms. The second-order valence-corrected chi connectivity index (χ2v) is 7.56. The monoisotopic (exact) mass is 395 g/mol. The molecule has 28 heavy (non-hydrogen) atoms. The number of para-hydroxylation sites is 1. The molecule has 144 valence electrons. The molecule has 1 amide bonds. The number of aromatic amines is 1. The average Bonchev–Trinajstić information content (AvgIpc) is 2.69. The second-order valence-electron chi connectivity index (χ2n) is 6.23. The SMILES string of the molecule is COc1ccc(-c2cc(=O)[nH]c(SC(C)C(=O)Nc3ccccc3C)n2)cc1. The fourth-order valence-electron chi connectivity index (χ4n) is 2.57. The van der Waals surface area contributed by atoms with Crippen LogP contribution in [0.25, 0.3) is 11.3 Å². The number of carbonyl (C=O) groups is 1. The summed E-state index contributed by atoms with van der Waals surface area (Å²) in [7, 11) is 1.60. The number of amides is 1. The first kappa shape index (κ1) is 19.7. The van der Waals surface area contributed by atoms with Crippen LogP contribution in [0.4, 0.5) is 5.69 Å². The fraction of sp³-hybridized carbons (Fsp3) is 0.190. The molecule has 1 unspecified atom stereocenters. The molecule has 6 nitrogen and oxygen atoms in total. The van der Waals surface area contributed by atoms with E-state index in [1.165, 1.54) is 17.8 Å². The summed E-state index contributed by atoms with van der Waals surface area (Å²) >= 11 is 1.20. The van der Waals surface area contributed by atoms with Crippen molar-refractivity contribution in [1.29, 1.82) is 0 Å². The number of nitrogens with one attached hydrogen (secondary N) is 2. The van der Waals surface area contributed by atoms with Crippen molar-refractivity contribution in [2.24, 2.45) is 0 Å². The smallest absolute Gasteiger partial charge is 0.252 e. The van der Waals surface area contributed by atoms with Crippen LogP contribution >= 0.6 is 11.8 Å². The van der Waals surface area contributed by atoms with Gasteiger partial charge in [0.05, 0.1) is 18.1 Å². The quantitative estimate of drug-likeness (QED) is 0.489. The number of hydrogen-bond donors (Lipinski definition) is 2. The van der Waals surface area contributed by atoms with Gasteiger partial charge in [0.1, 0.15) is 5.75 Å². The highest BCUT2D eigenvalue weighted by Gasteiger charge is 2.17. The minimum Gasteiger partial charge on any atom is -0.497 e. The predicted molar refractivity (Wildman–Crippen MR) is 112 cm³/mol. The molecule has 1 atom stereocenters. The molecule has 0 saturated heterocycles. The maximum atomic E-state index is 12.5.